The predicted octanol–water partition coefficient (Wildman–Crippen LogP) is -0.332. The Labute approximate surface area is 91.6 Å². The van der Waals surface area contributed by atoms with E-state index in [1.54, 1.807) is 0 Å². The maximum absolute atomic E-state index is 11.4. The number of methoxy groups -OCH3 is 1. The van der Waals surface area contributed by atoms with E-state index in [4.69, 9.17) is 0 Å². The maximum atomic E-state index is 11.4. The SMILES string of the molecule is COC(=O)CCNC(=O)c1ccc(=O)[nH]c1. The van der Waals surface area contributed by atoms with Gasteiger partial charge in [0.15, 0.2) is 0 Å². The number of esters is 1. The monoisotopic (exact) mass is 224 g/mol. The zero-order valence-electron chi connectivity index (χ0n) is 8.78. The molecule has 0 atom stereocenters. The smallest absolute Gasteiger partial charge is 0.307 e. The third-order valence-corrected chi connectivity index (χ3v) is 1.89. The van der Waals surface area contributed by atoms with E-state index in [1.165, 1.54) is 25.4 Å². The van der Waals surface area contributed by atoms with Crippen molar-refractivity contribution in [1.82, 2.24) is 10.3 Å². The summed E-state index contributed by atoms with van der Waals surface area (Å²) in [6.45, 7) is 0.199. The van der Waals surface area contributed by atoms with Crippen LogP contribution in [0.25, 0.3) is 0 Å². The van der Waals surface area contributed by atoms with E-state index in [0.29, 0.717) is 5.56 Å². The van der Waals surface area contributed by atoms with E-state index in [-0.39, 0.29) is 30.4 Å². The average Bonchev–Trinajstić information content (AvgIpc) is 2.29. The van der Waals surface area contributed by atoms with E-state index >= 15 is 0 Å². The van der Waals surface area contributed by atoms with Crippen LogP contribution in [0.3, 0.4) is 0 Å². The molecular formula is C10H12N2O4. The number of ether oxygens (including phenoxy) is 1. The molecular weight excluding hydrogens is 212 g/mol. The van der Waals surface area contributed by atoms with Crippen molar-refractivity contribution in [3.63, 3.8) is 0 Å². The van der Waals surface area contributed by atoms with Gasteiger partial charge >= 0.3 is 5.97 Å². The van der Waals surface area contributed by atoms with Crippen molar-refractivity contribution in [2.45, 2.75) is 6.42 Å². The number of pyridine rings is 1. The molecule has 0 aromatic carbocycles. The number of amides is 1. The van der Waals surface area contributed by atoms with Gasteiger partial charge in [-0.05, 0) is 6.07 Å². The van der Waals surface area contributed by atoms with Crippen LogP contribution in [0.1, 0.15) is 16.8 Å². The number of H-pyrrole nitrogens is 1. The standard InChI is InChI=1S/C10H12N2O4/c1-16-9(14)4-5-11-10(15)7-2-3-8(13)12-6-7/h2-3,6H,4-5H2,1H3,(H,11,15)(H,12,13). The van der Waals surface area contributed by atoms with Crippen LogP contribution < -0.4 is 10.9 Å². The molecule has 0 saturated heterocycles. The molecule has 1 aromatic heterocycles. The Bertz CT molecular complexity index is 418. The lowest BCUT2D eigenvalue weighted by molar-refractivity contribution is -0.140. The number of nitrogens with one attached hydrogen (secondary N) is 2. The van der Waals surface area contributed by atoms with E-state index in [9.17, 15) is 14.4 Å². The van der Waals surface area contributed by atoms with Crippen molar-refractivity contribution < 1.29 is 14.3 Å². The summed E-state index contributed by atoms with van der Waals surface area (Å²) in [6, 6.07) is 2.67. The second kappa shape index (κ2) is 5.69. The predicted molar refractivity (Wildman–Crippen MR) is 56.0 cm³/mol. The summed E-state index contributed by atoms with van der Waals surface area (Å²) in [5.41, 5.74) is 0.0653. The minimum atomic E-state index is -0.387. The van der Waals surface area contributed by atoms with Gasteiger partial charge in [-0.25, -0.2) is 0 Å². The van der Waals surface area contributed by atoms with Gasteiger partial charge < -0.3 is 15.0 Å². The van der Waals surface area contributed by atoms with E-state index < -0.39 is 0 Å². The second-order valence-electron chi connectivity index (χ2n) is 3.02. The van der Waals surface area contributed by atoms with Gasteiger partial charge in [0.2, 0.25) is 5.56 Å². The van der Waals surface area contributed by atoms with Crippen LogP contribution in [0.2, 0.25) is 0 Å². The molecule has 6 nitrogen and oxygen atoms in total. The highest BCUT2D eigenvalue weighted by molar-refractivity contribution is 5.93. The summed E-state index contributed by atoms with van der Waals surface area (Å²) in [5, 5.41) is 2.52. The van der Waals surface area contributed by atoms with Crippen molar-refractivity contribution in [1.29, 1.82) is 0 Å². The van der Waals surface area contributed by atoms with Gasteiger partial charge in [0.1, 0.15) is 0 Å². The van der Waals surface area contributed by atoms with Crippen LogP contribution in [-0.2, 0) is 9.53 Å². The third-order valence-electron chi connectivity index (χ3n) is 1.89. The molecule has 0 aliphatic heterocycles. The molecule has 0 aliphatic carbocycles. The minimum absolute atomic E-state index is 0.117. The first kappa shape index (κ1) is 12.0. The molecule has 86 valence electrons. The highest BCUT2D eigenvalue weighted by Gasteiger charge is 2.06. The Morgan fingerprint density at radius 3 is 2.75 bits per heavy atom. The molecule has 6 heteroatoms. The number of hydrogen-bond acceptors (Lipinski definition) is 4. The molecule has 0 unspecified atom stereocenters. The first-order valence-electron chi connectivity index (χ1n) is 4.67. The van der Waals surface area contributed by atoms with Crippen LogP contribution in [0.5, 0.6) is 0 Å². The van der Waals surface area contributed by atoms with Crippen molar-refractivity contribution in [3.05, 3.63) is 34.2 Å². The summed E-state index contributed by atoms with van der Waals surface area (Å²) < 4.78 is 4.42. The highest BCUT2D eigenvalue weighted by atomic mass is 16.5. The fourth-order valence-electron chi connectivity index (χ4n) is 1.03. The molecule has 0 spiro atoms. The Morgan fingerprint density at radius 2 is 2.19 bits per heavy atom. The summed E-state index contributed by atoms with van der Waals surface area (Å²) in [5.74, 6) is -0.734. The molecule has 0 saturated carbocycles. The van der Waals surface area contributed by atoms with E-state index in [2.05, 4.69) is 15.0 Å². The quantitative estimate of drug-likeness (QED) is 0.685. The highest BCUT2D eigenvalue weighted by Crippen LogP contribution is 1.93. The molecule has 2 N–H and O–H groups in total. The van der Waals surface area contributed by atoms with Gasteiger partial charge in [-0.1, -0.05) is 0 Å². The number of aromatic amines is 1. The van der Waals surface area contributed by atoms with Crippen LogP contribution in [0, 0.1) is 0 Å². The van der Waals surface area contributed by atoms with E-state index in [1.807, 2.05) is 0 Å². The van der Waals surface area contributed by atoms with Crippen LogP contribution >= 0.6 is 0 Å². The van der Waals surface area contributed by atoms with Crippen molar-refractivity contribution in [2.75, 3.05) is 13.7 Å². The van der Waals surface area contributed by atoms with Gasteiger partial charge in [0.05, 0.1) is 19.1 Å². The molecule has 0 fully saturated rings. The van der Waals surface area contributed by atoms with Crippen LogP contribution in [0.15, 0.2) is 23.1 Å². The fourth-order valence-corrected chi connectivity index (χ4v) is 1.03. The summed E-state index contributed by atoms with van der Waals surface area (Å²) in [4.78, 5) is 35.3. The number of hydrogen-bond donors (Lipinski definition) is 2. The first-order valence-corrected chi connectivity index (χ1v) is 4.67. The Balaban J connectivity index is 2.44. The van der Waals surface area contributed by atoms with Crippen molar-refractivity contribution in [2.24, 2.45) is 0 Å². The first-order chi connectivity index (χ1) is 7.63. The van der Waals surface area contributed by atoms with Gasteiger partial charge in [0, 0.05) is 18.8 Å². The lowest BCUT2D eigenvalue weighted by Crippen LogP contribution is -2.26. The number of carbonyl (C=O) groups excluding carboxylic acids is 2. The Morgan fingerprint density at radius 1 is 1.44 bits per heavy atom. The lowest BCUT2D eigenvalue weighted by atomic mass is 10.2. The normalized spacial score (nSPS) is 9.56. The zero-order chi connectivity index (χ0) is 12.0. The number of rotatable bonds is 4. The van der Waals surface area contributed by atoms with Crippen molar-refractivity contribution in [3.8, 4) is 0 Å². The lowest BCUT2D eigenvalue weighted by Gasteiger charge is -2.03. The van der Waals surface area contributed by atoms with E-state index in [0.717, 1.165) is 0 Å². The summed E-state index contributed by atoms with van der Waals surface area (Å²) in [7, 11) is 1.28. The average molecular weight is 224 g/mol. The van der Waals surface area contributed by atoms with Gasteiger partial charge in [-0.3, -0.25) is 14.4 Å². The van der Waals surface area contributed by atoms with Crippen LogP contribution in [0.4, 0.5) is 0 Å². The number of carbonyl (C=O) groups is 2. The zero-order valence-corrected chi connectivity index (χ0v) is 8.78. The Kier molecular flexibility index (Phi) is 4.26. The molecule has 1 rings (SSSR count). The van der Waals surface area contributed by atoms with Gasteiger partial charge in [0.25, 0.3) is 5.91 Å². The molecule has 0 radical (unpaired) electrons. The number of aromatic nitrogens is 1. The molecule has 1 heterocycles. The third kappa shape index (κ3) is 3.56. The second-order valence-corrected chi connectivity index (χ2v) is 3.02. The van der Waals surface area contributed by atoms with Crippen molar-refractivity contribution >= 4 is 11.9 Å². The topological polar surface area (TPSA) is 88.3 Å². The van der Waals surface area contributed by atoms with Gasteiger partial charge in [-0.15, -0.1) is 0 Å². The maximum Gasteiger partial charge on any atom is 0.307 e. The molecule has 16 heavy (non-hydrogen) atoms. The fraction of sp³-hybridized carbons (Fsp3) is 0.300. The van der Waals surface area contributed by atoms with Gasteiger partial charge in [-0.2, -0.15) is 0 Å². The Hall–Kier alpha value is -2.11. The summed E-state index contributed by atoms with van der Waals surface area (Å²) >= 11 is 0. The molecule has 0 bridgehead atoms. The molecule has 1 amide bonds. The minimum Gasteiger partial charge on any atom is -0.469 e. The largest absolute Gasteiger partial charge is 0.469 e. The molecule has 0 aliphatic rings. The van der Waals surface area contributed by atoms with Crippen LogP contribution in [-0.4, -0.2) is 30.5 Å². The summed E-state index contributed by atoms with van der Waals surface area (Å²) in [6.07, 6.45) is 1.43. The molecule has 1 aromatic rings.